The van der Waals surface area contributed by atoms with Crippen molar-refractivity contribution in [3.8, 4) is 0 Å². The maximum absolute atomic E-state index is 12.0. The summed E-state index contributed by atoms with van der Waals surface area (Å²) in [6, 6.07) is -0.786. The predicted octanol–water partition coefficient (Wildman–Crippen LogP) is 1.42. The minimum absolute atomic E-state index is 0.213. The molecule has 0 unspecified atom stereocenters. The maximum Gasteiger partial charge on any atom is 0.464 e. The van der Waals surface area contributed by atoms with Crippen molar-refractivity contribution >= 4 is 11.8 Å². The van der Waals surface area contributed by atoms with Crippen LogP contribution in [0.3, 0.4) is 0 Å². The molecule has 0 fully saturated rings. The van der Waals surface area contributed by atoms with Crippen LogP contribution < -0.4 is 0 Å². The molecule has 0 N–H and O–H groups in total. The second kappa shape index (κ2) is 6.68. The van der Waals surface area contributed by atoms with Gasteiger partial charge in [-0.05, 0) is 16.0 Å². The van der Waals surface area contributed by atoms with E-state index in [-0.39, 0.29) is 5.69 Å². The molecule has 0 aliphatic carbocycles. The number of unbranched alkanes of at least 4 members (excludes halogenated alkanes) is 3. The minimum Gasteiger partial charge on any atom is -0.358 e. The van der Waals surface area contributed by atoms with E-state index in [9.17, 15) is 14.9 Å². The van der Waals surface area contributed by atoms with Crippen molar-refractivity contribution in [2.24, 2.45) is 0 Å². The van der Waals surface area contributed by atoms with Crippen molar-refractivity contribution in [1.29, 1.82) is 0 Å². The molecule has 112 valence electrons. The highest BCUT2D eigenvalue weighted by Crippen LogP contribution is 2.18. The molecule has 0 radical (unpaired) electrons. The lowest BCUT2D eigenvalue weighted by Crippen LogP contribution is -2.22. The van der Waals surface area contributed by atoms with E-state index in [0.717, 1.165) is 30.4 Å². The fraction of sp³-hybridized carbons (Fsp3) is 0.545. The lowest BCUT2D eigenvalue weighted by atomic mass is 10.1. The Bertz CT molecular complexity index is 620. The molecule has 2 aromatic rings. The molecule has 0 aliphatic rings. The van der Waals surface area contributed by atoms with Crippen LogP contribution in [0.2, 0.25) is 0 Å². The number of aromatic nitrogens is 6. The van der Waals surface area contributed by atoms with E-state index in [2.05, 4.69) is 27.5 Å². The van der Waals surface area contributed by atoms with Gasteiger partial charge < -0.3 is 10.1 Å². The van der Waals surface area contributed by atoms with Crippen LogP contribution in [-0.4, -0.2) is 40.9 Å². The van der Waals surface area contributed by atoms with Gasteiger partial charge in [-0.25, -0.2) is 4.79 Å². The lowest BCUT2D eigenvalue weighted by Gasteiger charge is -1.99. The maximum atomic E-state index is 12.0. The predicted molar refractivity (Wildman–Crippen MR) is 70.7 cm³/mol. The zero-order chi connectivity index (χ0) is 15.2. The highest BCUT2D eigenvalue weighted by atomic mass is 16.6. The first-order chi connectivity index (χ1) is 10.1. The molecule has 0 bridgehead atoms. The fourth-order valence-corrected chi connectivity index (χ4v) is 1.91. The average Bonchev–Trinajstić information content (AvgIpc) is 3.12. The van der Waals surface area contributed by atoms with E-state index in [1.54, 1.807) is 0 Å². The summed E-state index contributed by atoms with van der Waals surface area (Å²) in [5.74, 6) is -0.410. The van der Waals surface area contributed by atoms with E-state index in [1.807, 2.05) is 0 Å². The molecule has 2 rings (SSSR count). The number of rotatable bonds is 6. The number of carbonyl (C=O) groups excluding carboxylic acids is 1. The molecule has 0 aromatic carbocycles. The molecule has 10 nitrogen and oxygen atoms in total. The van der Waals surface area contributed by atoms with E-state index in [4.69, 9.17) is 0 Å². The molecule has 0 saturated heterocycles. The number of nitrogens with zero attached hydrogens (tertiary/aromatic N) is 7. The van der Waals surface area contributed by atoms with E-state index < -0.39 is 16.8 Å². The molecular weight excluding hydrogens is 278 g/mol. The first-order valence-electron chi connectivity index (χ1n) is 6.65. The summed E-state index contributed by atoms with van der Waals surface area (Å²) in [5, 5.41) is 25.5. The van der Waals surface area contributed by atoms with Gasteiger partial charge in [0.05, 0.1) is 12.4 Å². The topological polar surface area (TPSA) is 122 Å². The molecule has 2 heterocycles. The van der Waals surface area contributed by atoms with Gasteiger partial charge in [0, 0.05) is 11.6 Å². The first-order valence-corrected chi connectivity index (χ1v) is 6.65. The molecule has 0 saturated carbocycles. The molecule has 0 atom stereocenters. The highest BCUT2D eigenvalue weighted by molar-refractivity contribution is 5.79. The summed E-state index contributed by atoms with van der Waals surface area (Å²) in [6.45, 7) is 2.08. The van der Waals surface area contributed by atoms with Crippen LogP contribution >= 0.6 is 0 Å². The number of hydrogen-bond donors (Lipinski definition) is 0. The summed E-state index contributed by atoms with van der Waals surface area (Å²) >= 11 is 0. The van der Waals surface area contributed by atoms with Crippen molar-refractivity contribution in [3.63, 3.8) is 0 Å². The van der Waals surface area contributed by atoms with E-state index in [1.165, 1.54) is 12.4 Å². The van der Waals surface area contributed by atoms with Gasteiger partial charge in [0.25, 0.3) is 0 Å². The monoisotopic (exact) mass is 293 g/mol. The molecule has 0 spiro atoms. The Labute approximate surface area is 119 Å². The number of carbonyl (C=O) groups is 1. The van der Waals surface area contributed by atoms with Gasteiger partial charge in [0.1, 0.15) is 0 Å². The van der Waals surface area contributed by atoms with Gasteiger partial charge in [-0.15, -0.1) is 14.9 Å². The molecule has 10 heteroatoms. The van der Waals surface area contributed by atoms with Gasteiger partial charge in [0.2, 0.25) is 0 Å². The van der Waals surface area contributed by atoms with Crippen LogP contribution in [0.25, 0.3) is 0 Å². The number of nitro groups is 1. The van der Waals surface area contributed by atoms with Crippen molar-refractivity contribution in [1.82, 2.24) is 30.0 Å². The van der Waals surface area contributed by atoms with Crippen LogP contribution in [0.5, 0.6) is 0 Å². The summed E-state index contributed by atoms with van der Waals surface area (Å²) in [5.41, 5.74) is 0.213. The third-order valence-corrected chi connectivity index (χ3v) is 2.95. The second-order valence-corrected chi connectivity index (χ2v) is 4.47. The smallest absolute Gasteiger partial charge is 0.358 e. The Morgan fingerprint density at radius 3 is 2.76 bits per heavy atom. The minimum atomic E-state index is -0.786. The lowest BCUT2D eigenvalue weighted by molar-refractivity contribution is -0.392. The summed E-state index contributed by atoms with van der Waals surface area (Å²) in [6.07, 6.45) is 6.85. The standard InChI is InChI=1S/C11H15N7O3/c1-2-3-4-5-6-9-10(18(20)21)17(15-13-9)11(19)16-8-7-12-14-16/h7-8H,2-6H2,1H3. The van der Waals surface area contributed by atoms with Gasteiger partial charge in [-0.1, -0.05) is 31.4 Å². The largest absolute Gasteiger partial charge is 0.464 e. The average molecular weight is 293 g/mol. The summed E-state index contributed by atoms with van der Waals surface area (Å²) < 4.78 is 1.51. The SMILES string of the molecule is CCCCCCc1nnn(C(=O)n2ccnn2)c1[N+](=O)[O-]. The van der Waals surface area contributed by atoms with Crippen LogP contribution in [0, 0.1) is 10.1 Å². The Hall–Kier alpha value is -2.65. The second-order valence-electron chi connectivity index (χ2n) is 4.47. The zero-order valence-electron chi connectivity index (χ0n) is 11.5. The summed E-state index contributed by atoms with van der Waals surface area (Å²) in [4.78, 5) is 22.6. The number of aryl methyl sites for hydroxylation is 1. The Morgan fingerprint density at radius 2 is 2.14 bits per heavy atom. The van der Waals surface area contributed by atoms with Crippen molar-refractivity contribution < 1.29 is 9.72 Å². The third-order valence-electron chi connectivity index (χ3n) is 2.95. The van der Waals surface area contributed by atoms with Crippen LogP contribution in [-0.2, 0) is 6.42 Å². The molecular formula is C11H15N7O3. The Morgan fingerprint density at radius 1 is 1.33 bits per heavy atom. The van der Waals surface area contributed by atoms with Gasteiger partial charge >= 0.3 is 11.8 Å². The van der Waals surface area contributed by atoms with Crippen molar-refractivity contribution in [2.45, 2.75) is 39.0 Å². The van der Waals surface area contributed by atoms with Gasteiger partial charge in [-0.3, -0.25) is 0 Å². The fourth-order valence-electron chi connectivity index (χ4n) is 1.91. The highest BCUT2D eigenvalue weighted by Gasteiger charge is 2.30. The van der Waals surface area contributed by atoms with Crippen LogP contribution in [0.15, 0.2) is 12.4 Å². The Kier molecular flexibility index (Phi) is 4.69. The molecule has 21 heavy (non-hydrogen) atoms. The molecule has 2 aromatic heterocycles. The first kappa shape index (κ1) is 14.8. The summed E-state index contributed by atoms with van der Waals surface area (Å²) in [7, 11) is 0. The zero-order valence-corrected chi connectivity index (χ0v) is 11.5. The van der Waals surface area contributed by atoms with Crippen molar-refractivity contribution in [2.75, 3.05) is 0 Å². The normalized spacial score (nSPS) is 10.7. The molecule has 0 aliphatic heterocycles. The Balaban J connectivity index is 2.21. The van der Waals surface area contributed by atoms with Gasteiger partial charge in [0.15, 0.2) is 5.69 Å². The van der Waals surface area contributed by atoms with E-state index in [0.29, 0.717) is 11.1 Å². The van der Waals surface area contributed by atoms with Gasteiger partial charge in [-0.2, -0.15) is 0 Å². The van der Waals surface area contributed by atoms with Crippen LogP contribution in [0.1, 0.15) is 38.3 Å². The molecule has 0 amide bonds. The van der Waals surface area contributed by atoms with E-state index >= 15 is 0 Å². The number of hydrogen-bond acceptors (Lipinski definition) is 7. The van der Waals surface area contributed by atoms with Crippen LogP contribution in [0.4, 0.5) is 10.6 Å². The quantitative estimate of drug-likeness (QED) is 0.448. The third kappa shape index (κ3) is 3.27. The van der Waals surface area contributed by atoms with Crippen molar-refractivity contribution in [3.05, 3.63) is 28.2 Å².